The molecule has 0 aliphatic rings. The lowest BCUT2D eigenvalue weighted by atomic mass is 10.1. The Balaban J connectivity index is 2.92. The molecule has 1 aromatic rings. The number of nitrogens with zero attached hydrogens (tertiary/aromatic N) is 2. The Morgan fingerprint density at radius 3 is 2.48 bits per heavy atom. The third-order valence-corrected chi connectivity index (χ3v) is 2.71. The molecule has 1 amide bonds. The van der Waals surface area contributed by atoms with E-state index in [9.17, 15) is 14.4 Å². The molecule has 0 aliphatic heterocycles. The molecule has 124 valence electrons. The summed E-state index contributed by atoms with van der Waals surface area (Å²) in [7, 11) is 0. The number of esters is 2. The van der Waals surface area contributed by atoms with E-state index in [4.69, 9.17) is 9.47 Å². The van der Waals surface area contributed by atoms with Crippen LogP contribution in [0.15, 0.2) is 29.5 Å². The molecule has 0 fully saturated rings. The summed E-state index contributed by atoms with van der Waals surface area (Å²) in [5, 5.41) is 3.72. The molecule has 0 aromatic carbocycles. The number of carbonyl (C=O) groups is 3. The number of ether oxygens (including phenoxy) is 2. The highest BCUT2D eigenvalue weighted by molar-refractivity contribution is 6.40. The molecule has 23 heavy (non-hydrogen) atoms. The van der Waals surface area contributed by atoms with Gasteiger partial charge in [-0.2, -0.15) is 5.10 Å². The van der Waals surface area contributed by atoms with Crippen LogP contribution >= 0.6 is 0 Å². The average Bonchev–Trinajstić information content (AvgIpc) is 2.56. The molecule has 0 saturated heterocycles. The number of hydrazone groups is 1. The summed E-state index contributed by atoms with van der Waals surface area (Å²) in [6.07, 6.45) is 1.45. The predicted octanol–water partition coefficient (Wildman–Crippen LogP) is 0.930. The zero-order chi connectivity index (χ0) is 17.2. The Morgan fingerprint density at radius 1 is 1.22 bits per heavy atom. The van der Waals surface area contributed by atoms with Crippen LogP contribution in [0.1, 0.15) is 31.3 Å². The van der Waals surface area contributed by atoms with E-state index >= 15 is 0 Å². The molecular formula is C15H19N3O5. The van der Waals surface area contributed by atoms with Gasteiger partial charge >= 0.3 is 11.9 Å². The molecular weight excluding hydrogens is 302 g/mol. The van der Waals surface area contributed by atoms with Crippen molar-refractivity contribution in [3.05, 3.63) is 30.1 Å². The monoisotopic (exact) mass is 321 g/mol. The maximum absolute atomic E-state index is 11.9. The summed E-state index contributed by atoms with van der Waals surface area (Å²) >= 11 is 0. The fourth-order valence-corrected chi connectivity index (χ4v) is 1.57. The van der Waals surface area contributed by atoms with Crippen molar-refractivity contribution in [2.75, 3.05) is 13.2 Å². The molecule has 1 atom stereocenters. The van der Waals surface area contributed by atoms with Gasteiger partial charge in [-0.05, 0) is 32.9 Å². The summed E-state index contributed by atoms with van der Waals surface area (Å²) in [4.78, 5) is 39.4. The summed E-state index contributed by atoms with van der Waals surface area (Å²) in [6.45, 7) is 4.99. The Labute approximate surface area is 133 Å². The highest BCUT2D eigenvalue weighted by Crippen LogP contribution is 2.05. The number of carbonyl (C=O) groups excluding carboxylic acids is 3. The molecule has 0 spiro atoms. The molecule has 0 aliphatic carbocycles. The third-order valence-electron chi connectivity index (χ3n) is 2.71. The number of aromatic nitrogens is 1. The number of amides is 1. The smallest absolute Gasteiger partial charge is 0.355 e. The summed E-state index contributed by atoms with van der Waals surface area (Å²) in [6, 6.07) is 4.79. The molecule has 0 bridgehead atoms. The van der Waals surface area contributed by atoms with Crippen LogP contribution in [0.5, 0.6) is 0 Å². The van der Waals surface area contributed by atoms with E-state index in [1.165, 1.54) is 19.2 Å². The summed E-state index contributed by atoms with van der Waals surface area (Å²) in [5.74, 6) is -3.01. The lowest BCUT2D eigenvalue weighted by Gasteiger charge is -2.12. The molecule has 0 saturated carbocycles. The molecule has 1 N–H and O–H groups in total. The van der Waals surface area contributed by atoms with Crippen molar-refractivity contribution in [3.63, 3.8) is 0 Å². The second kappa shape index (κ2) is 9.29. The van der Waals surface area contributed by atoms with Crippen LogP contribution in [0.2, 0.25) is 0 Å². The standard InChI is InChI=1S/C15H19N3O5/c1-4-22-14(20)10(3)12(15(21)23-5-2)17-18-13(19)11-8-6-7-9-16-11/h6-10H,4-5H2,1-3H3,(H,18,19). The van der Waals surface area contributed by atoms with Crippen LogP contribution in [0.4, 0.5) is 0 Å². The van der Waals surface area contributed by atoms with Gasteiger partial charge in [0, 0.05) is 6.20 Å². The minimum Gasteiger partial charge on any atom is -0.465 e. The minimum absolute atomic E-state index is 0.113. The first-order valence-corrected chi connectivity index (χ1v) is 7.13. The van der Waals surface area contributed by atoms with Gasteiger partial charge in [-0.1, -0.05) is 6.07 Å². The fourth-order valence-electron chi connectivity index (χ4n) is 1.57. The molecule has 1 rings (SSSR count). The lowest BCUT2D eigenvalue weighted by Crippen LogP contribution is -2.34. The van der Waals surface area contributed by atoms with E-state index in [2.05, 4.69) is 15.5 Å². The molecule has 1 heterocycles. The maximum Gasteiger partial charge on any atom is 0.355 e. The van der Waals surface area contributed by atoms with Crippen molar-refractivity contribution in [2.24, 2.45) is 11.0 Å². The van der Waals surface area contributed by atoms with E-state index in [0.29, 0.717) is 0 Å². The maximum atomic E-state index is 11.9. The Morgan fingerprint density at radius 2 is 1.91 bits per heavy atom. The van der Waals surface area contributed by atoms with Gasteiger partial charge in [0.1, 0.15) is 11.6 Å². The van der Waals surface area contributed by atoms with Crippen molar-refractivity contribution < 1.29 is 23.9 Å². The quantitative estimate of drug-likeness (QED) is 0.455. The van der Waals surface area contributed by atoms with Gasteiger partial charge in [-0.15, -0.1) is 0 Å². The molecule has 0 radical (unpaired) electrons. The Hall–Kier alpha value is -2.77. The van der Waals surface area contributed by atoms with Gasteiger partial charge < -0.3 is 9.47 Å². The van der Waals surface area contributed by atoms with Gasteiger partial charge in [-0.25, -0.2) is 10.2 Å². The lowest BCUT2D eigenvalue weighted by molar-refractivity contribution is -0.146. The van der Waals surface area contributed by atoms with Crippen LogP contribution in [0, 0.1) is 5.92 Å². The van der Waals surface area contributed by atoms with Gasteiger partial charge in [0.25, 0.3) is 5.91 Å². The van der Waals surface area contributed by atoms with Crippen molar-refractivity contribution >= 4 is 23.6 Å². The largest absolute Gasteiger partial charge is 0.465 e. The third kappa shape index (κ3) is 5.50. The number of hydrogen-bond donors (Lipinski definition) is 1. The zero-order valence-electron chi connectivity index (χ0n) is 13.2. The number of pyridine rings is 1. The van der Waals surface area contributed by atoms with Gasteiger partial charge in [-0.3, -0.25) is 14.6 Å². The highest BCUT2D eigenvalue weighted by atomic mass is 16.5. The predicted molar refractivity (Wildman–Crippen MR) is 81.6 cm³/mol. The second-order valence-electron chi connectivity index (χ2n) is 4.35. The molecule has 8 heteroatoms. The van der Waals surface area contributed by atoms with E-state index < -0.39 is 23.8 Å². The number of nitrogens with one attached hydrogen (secondary N) is 1. The van der Waals surface area contributed by atoms with Crippen molar-refractivity contribution in [2.45, 2.75) is 20.8 Å². The van der Waals surface area contributed by atoms with E-state index in [0.717, 1.165) is 0 Å². The SMILES string of the molecule is CCOC(=O)C(=NNC(=O)c1ccccn1)C(C)C(=O)OCC. The van der Waals surface area contributed by atoms with Crippen LogP contribution in [0.3, 0.4) is 0 Å². The topological polar surface area (TPSA) is 107 Å². The fraction of sp³-hybridized carbons (Fsp3) is 0.400. The van der Waals surface area contributed by atoms with Gasteiger partial charge in [0.15, 0.2) is 5.71 Å². The van der Waals surface area contributed by atoms with E-state index in [1.54, 1.807) is 26.0 Å². The van der Waals surface area contributed by atoms with E-state index in [1.807, 2.05) is 0 Å². The Bertz CT molecular complexity index is 586. The zero-order valence-corrected chi connectivity index (χ0v) is 13.2. The van der Waals surface area contributed by atoms with Crippen molar-refractivity contribution in [3.8, 4) is 0 Å². The molecule has 1 unspecified atom stereocenters. The van der Waals surface area contributed by atoms with Gasteiger partial charge in [0.2, 0.25) is 0 Å². The molecule has 8 nitrogen and oxygen atoms in total. The molecule has 1 aromatic heterocycles. The van der Waals surface area contributed by atoms with Crippen LogP contribution in [-0.4, -0.2) is 41.8 Å². The summed E-state index contributed by atoms with van der Waals surface area (Å²) < 4.78 is 9.70. The van der Waals surface area contributed by atoms with Crippen LogP contribution < -0.4 is 5.43 Å². The van der Waals surface area contributed by atoms with Crippen LogP contribution in [-0.2, 0) is 19.1 Å². The van der Waals surface area contributed by atoms with Gasteiger partial charge in [0.05, 0.1) is 13.2 Å². The number of hydrogen-bond acceptors (Lipinski definition) is 7. The first kappa shape index (κ1) is 18.3. The second-order valence-corrected chi connectivity index (χ2v) is 4.35. The van der Waals surface area contributed by atoms with Crippen LogP contribution in [0.25, 0.3) is 0 Å². The number of rotatable bonds is 7. The summed E-state index contributed by atoms with van der Waals surface area (Å²) in [5.41, 5.74) is 2.08. The normalized spacial score (nSPS) is 12.2. The first-order chi connectivity index (χ1) is 11.0. The first-order valence-electron chi connectivity index (χ1n) is 7.13. The highest BCUT2D eigenvalue weighted by Gasteiger charge is 2.28. The Kier molecular flexibility index (Phi) is 7.38. The van der Waals surface area contributed by atoms with E-state index in [-0.39, 0.29) is 24.6 Å². The van der Waals surface area contributed by atoms with Crippen molar-refractivity contribution in [1.82, 2.24) is 10.4 Å². The average molecular weight is 321 g/mol. The minimum atomic E-state index is -0.974. The van der Waals surface area contributed by atoms with Crippen molar-refractivity contribution in [1.29, 1.82) is 0 Å².